The first-order valence-corrected chi connectivity index (χ1v) is 11.0. The van der Waals surface area contributed by atoms with Gasteiger partial charge in [-0.25, -0.2) is 0 Å². The van der Waals surface area contributed by atoms with E-state index < -0.39 is 0 Å². The standard InChI is InChI=1S/C21H34ClNO2/c1-20-9-7-14(24)11-13(20)3-4-15-16-5-6-18(23-19(25)12-22)21(16,2)10-8-17(15)20/h13-18,24H,3-12H2,1-2H3,(H,23,25)/t13-,14-,15-,16+,17-,18+,20-,21-/m0/s1. The molecule has 0 aromatic rings. The van der Waals surface area contributed by atoms with Crippen molar-refractivity contribution in [3.63, 3.8) is 0 Å². The number of hydrogen-bond donors (Lipinski definition) is 2. The highest BCUT2D eigenvalue weighted by molar-refractivity contribution is 6.27. The lowest BCUT2D eigenvalue weighted by Crippen LogP contribution is -2.56. The second-order valence-corrected chi connectivity index (χ2v) is 10.2. The van der Waals surface area contributed by atoms with Crippen LogP contribution >= 0.6 is 11.6 Å². The minimum Gasteiger partial charge on any atom is -0.393 e. The summed E-state index contributed by atoms with van der Waals surface area (Å²) in [5, 5.41) is 13.4. The van der Waals surface area contributed by atoms with Crippen LogP contribution in [0.5, 0.6) is 0 Å². The molecule has 1 amide bonds. The van der Waals surface area contributed by atoms with Crippen molar-refractivity contribution in [2.75, 3.05) is 5.88 Å². The third kappa shape index (κ3) is 2.76. The summed E-state index contributed by atoms with van der Waals surface area (Å²) in [6.45, 7) is 4.96. The summed E-state index contributed by atoms with van der Waals surface area (Å²) in [5.41, 5.74) is 0.682. The lowest BCUT2D eigenvalue weighted by Gasteiger charge is -2.60. The number of carbonyl (C=O) groups excluding carboxylic acids is 1. The average molecular weight is 368 g/mol. The number of rotatable bonds is 2. The van der Waals surface area contributed by atoms with Crippen LogP contribution in [0.3, 0.4) is 0 Å². The second-order valence-electron chi connectivity index (χ2n) is 9.96. The van der Waals surface area contributed by atoms with Gasteiger partial charge >= 0.3 is 0 Å². The maximum absolute atomic E-state index is 11.9. The number of carbonyl (C=O) groups is 1. The predicted molar refractivity (Wildman–Crippen MR) is 100 cm³/mol. The van der Waals surface area contributed by atoms with Crippen molar-refractivity contribution in [2.24, 2.45) is 34.5 Å². The fourth-order valence-electron chi connectivity index (χ4n) is 7.71. The van der Waals surface area contributed by atoms with Crippen LogP contribution in [0.1, 0.15) is 71.6 Å². The van der Waals surface area contributed by atoms with E-state index in [4.69, 9.17) is 11.6 Å². The van der Waals surface area contributed by atoms with Gasteiger partial charge in [0.25, 0.3) is 0 Å². The van der Waals surface area contributed by atoms with E-state index in [0.717, 1.165) is 42.9 Å². The first kappa shape index (κ1) is 18.1. The van der Waals surface area contributed by atoms with E-state index in [9.17, 15) is 9.90 Å². The first-order chi connectivity index (χ1) is 11.9. The number of halogens is 1. The summed E-state index contributed by atoms with van der Waals surface area (Å²) < 4.78 is 0. The fraction of sp³-hybridized carbons (Fsp3) is 0.952. The summed E-state index contributed by atoms with van der Waals surface area (Å²) >= 11 is 5.74. The molecule has 4 fully saturated rings. The molecule has 0 unspecified atom stereocenters. The van der Waals surface area contributed by atoms with E-state index in [-0.39, 0.29) is 23.3 Å². The minimum atomic E-state index is -0.0647. The Kier molecular flexibility index (Phi) is 4.64. The van der Waals surface area contributed by atoms with Crippen molar-refractivity contribution >= 4 is 17.5 Å². The lowest BCUT2D eigenvalue weighted by molar-refractivity contribution is -0.128. The normalized spacial score (nSPS) is 52.0. The monoisotopic (exact) mass is 367 g/mol. The Balaban J connectivity index is 1.55. The first-order valence-electron chi connectivity index (χ1n) is 10.4. The Morgan fingerprint density at radius 1 is 1.04 bits per heavy atom. The molecule has 4 saturated carbocycles. The summed E-state index contributed by atoms with van der Waals surface area (Å²) in [7, 11) is 0. The highest BCUT2D eigenvalue weighted by Crippen LogP contribution is 2.66. The molecule has 4 rings (SSSR count). The Hall–Kier alpha value is -0.280. The van der Waals surface area contributed by atoms with Gasteiger partial charge in [0.2, 0.25) is 5.91 Å². The van der Waals surface area contributed by atoms with Crippen LogP contribution in [0.25, 0.3) is 0 Å². The molecule has 0 aromatic heterocycles. The van der Waals surface area contributed by atoms with Crippen LogP contribution in [0.2, 0.25) is 0 Å². The Morgan fingerprint density at radius 2 is 1.76 bits per heavy atom. The summed E-state index contributed by atoms with van der Waals surface area (Å²) in [6.07, 6.45) is 10.7. The molecule has 4 aliphatic rings. The molecule has 25 heavy (non-hydrogen) atoms. The minimum absolute atomic E-state index is 0.00685. The fourth-order valence-corrected chi connectivity index (χ4v) is 7.78. The van der Waals surface area contributed by atoms with Gasteiger partial charge in [0.1, 0.15) is 5.88 Å². The molecule has 4 aliphatic carbocycles. The third-order valence-electron chi connectivity index (χ3n) is 9.09. The molecular weight excluding hydrogens is 334 g/mol. The predicted octanol–water partition coefficient (Wildman–Crippen LogP) is 4.11. The quantitative estimate of drug-likeness (QED) is 0.721. The molecule has 3 nitrogen and oxygen atoms in total. The van der Waals surface area contributed by atoms with Crippen molar-refractivity contribution in [2.45, 2.75) is 83.8 Å². The Bertz CT molecular complexity index is 540. The van der Waals surface area contributed by atoms with Crippen LogP contribution in [0, 0.1) is 34.5 Å². The van der Waals surface area contributed by atoms with Crippen LogP contribution in [-0.4, -0.2) is 29.0 Å². The molecule has 0 heterocycles. The molecule has 0 aromatic carbocycles. The van der Waals surface area contributed by atoms with Crippen molar-refractivity contribution < 1.29 is 9.90 Å². The van der Waals surface area contributed by atoms with Crippen molar-refractivity contribution in [3.8, 4) is 0 Å². The molecule has 0 radical (unpaired) electrons. The molecule has 2 N–H and O–H groups in total. The Labute approximate surface area is 157 Å². The maximum Gasteiger partial charge on any atom is 0.235 e. The summed E-state index contributed by atoms with van der Waals surface area (Å²) in [5.74, 6) is 3.16. The van der Waals surface area contributed by atoms with E-state index in [1.165, 1.54) is 38.5 Å². The van der Waals surface area contributed by atoms with Gasteiger partial charge in [0.05, 0.1) is 6.10 Å². The SMILES string of the molecule is C[C@]12CC[C@H]3[C@@H](CC[C@H]4C[C@@H](O)CC[C@@]43C)[C@H]1CC[C@H]2NC(=O)CCl. The van der Waals surface area contributed by atoms with Gasteiger partial charge in [-0.3, -0.25) is 4.79 Å². The van der Waals surface area contributed by atoms with Crippen LogP contribution < -0.4 is 5.32 Å². The number of nitrogens with one attached hydrogen (secondary N) is 1. The van der Waals surface area contributed by atoms with Crippen LogP contribution in [0.15, 0.2) is 0 Å². The van der Waals surface area contributed by atoms with Gasteiger partial charge in [-0.15, -0.1) is 11.6 Å². The molecule has 0 spiro atoms. The molecule has 4 heteroatoms. The van der Waals surface area contributed by atoms with Gasteiger partial charge in [-0.2, -0.15) is 0 Å². The van der Waals surface area contributed by atoms with Gasteiger partial charge < -0.3 is 10.4 Å². The Morgan fingerprint density at radius 3 is 2.52 bits per heavy atom. The van der Waals surface area contributed by atoms with Gasteiger partial charge in [-0.1, -0.05) is 13.8 Å². The highest BCUT2D eigenvalue weighted by atomic mass is 35.5. The average Bonchev–Trinajstić information content (AvgIpc) is 2.92. The van der Waals surface area contributed by atoms with E-state index in [1.807, 2.05) is 0 Å². The number of hydrogen-bond acceptors (Lipinski definition) is 2. The zero-order valence-corrected chi connectivity index (χ0v) is 16.5. The van der Waals surface area contributed by atoms with Crippen LogP contribution in [-0.2, 0) is 4.79 Å². The highest BCUT2D eigenvalue weighted by Gasteiger charge is 2.60. The number of aliphatic hydroxyl groups excluding tert-OH is 1. The number of fused-ring (bicyclic) bond motifs is 5. The van der Waals surface area contributed by atoms with Gasteiger partial charge in [-0.05, 0) is 92.3 Å². The van der Waals surface area contributed by atoms with Crippen LogP contribution in [0.4, 0.5) is 0 Å². The molecule has 8 atom stereocenters. The largest absolute Gasteiger partial charge is 0.393 e. The zero-order valence-electron chi connectivity index (χ0n) is 15.8. The molecule has 0 bridgehead atoms. The van der Waals surface area contributed by atoms with Crippen molar-refractivity contribution in [3.05, 3.63) is 0 Å². The lowest BCUT2D eigenvalue weighted by atomic mass is 9.45. The van der Waals surface area contributed by atoms with Crippen molar-refractivity contribution in [1.29, 1.82) is 0 Å². The van der Waals surface area contributed by atoms with Crippen molar-refractivity contribution in [1.82, 2.24) is 5.32 Å². The number of aliphatic hydroxyl groups is 1. The smallest absolute Gasteiger partial charge is 0.235 e. The zero-order chi connectivity index (χ0) is 17.8. The summed E-state index contributed by atoms with van der Waals surface area (Å²) in [6, 6.07) is 0.309. The topological polar surface area (TPSA) is 49.3 Å². The van der Waals surface area contributed by atoms with E-state index >= 15 is 0 Å². The van der Waals surface area contributed by atoms with E-state index in [1.54, 1.807) is 0 Å². The van der Waals surface area contributed by atoms with E-state index in [2.05, 4.69) is 19.2 Å². The van der Waals surface area contributed by atoms with Gasteiger partial charge in [0, 0.05) is 6.04 Å². The number of amides is 1. The van der Waals surface area contributed by atoms with E-state index in [0.29, 0.717) is 11.5 Å². The third-order valence-corrected chi connectivity index (χ3v) is 9.34. The second kappa shape index (κ2) is 6.41. The van der Waals surface area contributed by atoms with Gasteiger partial charge in [0.15, 0.2) is 0 Å². The molecule has 0 saturated heterocycles. The molecule has 0 aliphatic heterocycles. The summed E-state index contributed by atoms with van der Waals surface area (Å²) in [4.78, 5) is 11.9. The maximum atomic E-state index is 11.9. The molecule has 142 valence electrons. The molecular formula is C21H34ClNO2. The number of alkyl halides is 1.